The van der Waals surface area contributed by atoms with Gasteiger partial charge in [0.2, 0.25) is 5.91 Å². The van der Waals surface area contributed by atoms with E-state index in [0.29, 0.717) is 6.10 Å². The summed E-state index contributed by atoms with van der Waals surface area (Å²) in [5.41, 5.74) is 0. The molecule has 0 aromatic heterocycles. The van der Waals surface area contributed by atoms with Gasteiger partial charge in [0, 0.05) is 7.05 Å². The van der Waals surface area contributed by atoms with Gasteiger partial charge >= 0.3 is 0 Å². The summed E-state index contributed by atoms with van der Waals surface area (Å²) in [5.74, 6) is 0.288. The van der Waals surface area contributed by atoms with Crippen LogP contribution < -0.4 is 5.32 Å². The SMILES string of the molecule is CNC(=O)C1CC2CCC1O2. The number of hydrogen-bond donors (Lipinski definition) is 1. The normalized spacial score (nSPS) is 41.0. The number of amides is 1. The van der Waals surface area contributed by atoms with Crippen LogP contribution in [0.15, 0.2) is 0 Å². The molecule has 2 heterocycles. The van der Waals surface area contributed by atoms with Gasteiger partial charge in [0.1, 0.15) is 0 Å². The predicted octanol–water partition coefficient (Wildman–Crippen LogP) is 0.300. The molecule has 2 fully saturated rings. The van der Waals surface area contributed by atoms with Crippen LogP contribution in [0.2, 0.25) is 0 Å². The first-order valence-electron chi connectivity index (χ1n) is 4.18. The number of ether oxygens (including phenoxy) is 1. The zero-order valence-corrected chi connectivity index (χ0v) is 6.67. The zero-order valence-electron chi connectivity index (χ0n) is 6.67. The van der Waals surface area contributed by atoms with E-state index in [4.69, 9.17) is 4.74 Å². The van der Waals surface area contributed by atoms with Gasteiger partial charge in [0.25, 0.3) is 0 Å². The van der Waals surface area contributed by atoms with Crippen LogP contribution in [0.5, 0.6) is 0 Å². The van der Waals surface area contributed by atoms with Gasteiger partial charge in [-0.2, -0.15) is 0 Å². The first-order valence-corrected chi connectivity index (χ1v) is 4.18. The van der Waals surface area contributed by atoms with E-state index in [1.54, 1.807) is 7.05 Å². The van der Waals surface area contributed by atoms with E-state index in [-0.39, 0.29) is 17.9 Å². The van der Waals surface area contributed by atoms with Crippen molar-refractivity contribution in [3.8, 4) is 0 Å². The molecular formula is C8H13NO2. The van der Waals surface area contributed by atoms with Gasteiger partial charge in [-0.3, -0.25) is 4.79 Å². The van der Waals surface area contributed by atoms with E-state index in [0.717, 1.165) is 19.3 Å². The average Bonchev–Trinajstić information content (AvgIpc) is 2.62. The average molecular weight is 155 g/mol. The van der Waals surface area contributed by atoms with Gasteiger partial charge in [-0.25, -0.2) is 0 Å². The van der Waals surface area contributed by atoms with Crippen molar-refractivity contribution in [3.63, 3.8) is 0 Å². The second-order valence-corrected chi connectivity index (χ2v) is 3.33. The van der Waals surface area contributed by atoms with E-state index < -0.39 is 0 Å². The molecule has 3 heteroatoms. The molecule has 2 aliphatic heterocycles. The summed E-state index contributed by atoms with van der Waals surface area (Å²) >= 11 is 0. The largest absolute Gasteiger partial charge is 0.374 e. The third-order valence-electron chi connectivity index (χ3n) is 2.69. The minimum absolute atomic E-state index is 0.138. The Morgan fingerprint density at radius 3 is 2.82 bits per heavy atom. The number of hydrogen-bond acceptors (Lipinski definition) is 2. The van der Waals surface area contributed by atoms with Crippen LogP contribution in [0.3, 0.4) is 0 Å². The molecule has 3 nitrogen and oxygen atoms in total. The molecule has 62 valence electrons. The van der Waals surface area contributed by atoms with Crippen LogP contribution in [0, 0.1) is 5.92 Å². The molecular weight excluding hydrogens is 142 g/mol. The fourth-order valence-electron chi connectivity index (χ4n) is 2.10. The molecule has 2 bridgehead atoms. The first kappa shape index (κ1) is 7.10. The molecule has 0 spiro atoms. The number of nitrogens with one attached hydrogen (secondary N) is 1. The maximum absolute atomic E-state index is 11.2. The molecule has 1 amide bonds. The van der Waals surface area contributed by atoms with Gasteiger partial charge in [-0.1, -0.05) is 0 Å². The molecule has 2 saturated heterocycles. The zero-order chi connectivity index (χ0) is 7.84. The summed E-state index contributed by atoms with van der Waals surface area (Å²) in [6.07, 6.45) is 3.76. The number of fused-ring (bicyclic) bond motifs is 2. The maximum Gasteiger partial charge on any atom is 0.225 e. The van der Waals surface area contributed by atoms with E-state index in [9.17, 15) is 4.79 Å². The summed E-state index contributed by atoms with van der Waals surface area (Å²) in [5, 5.41) is 2.67. The third-order valence-corrected chi connectivity index (χ3v) is 2.69. The van der Waals surface area contributed by atoms with Crippen molar-refractivity contribution in [2.75, 3.05) is 7.05 Å². The van der Waals surface area contributed by atoms with Crippen molar-refractivity contribution in [1.29, 1.82) is 0 Å². The number of carbonyl (C=O) groups is 1. The Kier molecular flexibility index (Phi) is 1.60. The standard InChI is InChI=1S/C8H13NO2/c1-9-8(10)6-4-5-2-3-7(6)11-5/h5-7H,2-4H2,1H3,(H,9,10). The molecule has 0 radical (unpaired) electrons. The molecule has 11 heavy (non-hydrogen) atoms. The Morgan fingerprint density at radius 1 is 1.55 bits per heavy atom. The van der Waals surface area contributed by atoms with Crippen molar-refractivity contribution in [3.05, 3.63) is 0 Å². The van der Waals surface area contributed by atoms with Crippen molar-refractivity contribution in [1.82, 2.24) is 5.32 Å². The van der Waals surface area contributed by atoms with E-state index in [1.165, 1.54) is 0 Å². The van der Waals surface area contributed by atoms with Gasteiger partial charge in [-0.15, -0.1) is 0 Å². The summed E-state index contributed by atoms with van der Waals surface area (Å²) < 4.78 is 5.55. The second kappa shape index (κ2) is 2.48. The van der Waals surface area contributed by atoms with Crippen LogP contribution in [0.25, 0.3) is 0 Å². The summed E-state index contributed by atoms with van der Waals surface area (Å²) in [6, 6.07) is 0. The van der Waals surface area contributed by atoms with Crippen molar-refractivity contribution < 1.29 is 9.53 Å². The predicted molar refractivity (Wildman–Crippen MR) is 40.1 cm³/mol. The van der Waals surface area contributed by atoms with Crippen LogP contribution in [-0.2, 0) is 9.53 Å². The molecule has 0 saturated carbocycles. The molecule has 2 rings (SSSR count). The van der Waals surface area contributed by atoms with E-state index >= 15 is 0 Å². The second-order valence-electron chi connectivity index (χ2n) is 3.33. The minimum Gasteiger partial charge on any atom is -0.374 e. The lowest BCUT2D eigenvalue weighted by Gasteiger charge is -2.15. The van der Waals surface area contributed by atoms with Gasteiger partial charge in [-0.05, 0) is 19.3 Å². The Bertz CT molecular complexity index is 181. The fourth-order valence-corrected chi connectivity index (χ4v) is 2.10. The molecule has 1 N–H and O–H groups in total. The summed E-state index contributed by atoms with van der Waals surface area (Å²) in [6.45, 7) is 0. The lowest BCUT2D eigenvalue weighted by Crippen LogP contribution is -2.33. The van der Waals surface area contributed by atoms with Crippen molar-refractivity contribution in [2.45, 2.75) is 31.5 Å². The molecule has 2 aliphatic rings. The van der Waals surface area contributed by atoms with Crippen molar-refractivity contribution >= 4 is 5.91 Å². The molecule has 0 aromatic rings. The summed E-state index contributed by atoms with van der Waals surface area (Å²) in [4.78, 5) is 11.2. The first-order chi connectivity index (χ1) is 5.31. The van der Waals surface area contributed by atoms with Gasteiger partial charge in [0.15, 0.2) is 0 Å². The lowest BCUT2D eigenvalue weighted by atomic mass is 9.89. The lowest BCUT2D eigenvalue weighted by molar-refractivity contribution is -0.126. The third kappa shape index (κ3) is 1.03. The number of rotatable bonds is 1. The summed E-state index contributed by atoms with van der Waals surface area (Å²) in [7, 11) is 1.69. The Labute approximate surface area is 66.1 Å². The topological polar surface area (TPSA) is 38.3 Å². The van der Waals surface area contributed by atoms with Crippen LogP contribution in [0.1, 0.15) is 19.3 Å². The number of carbonyl (C=O) groups excluding carboxylic acids is 1. The highest BCUT2D eigenvalue weighted by Gasteiger charge is 2.43. The van der Waals surface area contributed by atoms with Gasteiger partial charge < -0.3 is 10.1 Å². The Balaban J connectivity index is 2.02. The van der Waals surface area contributed by atoms with Crippen LogP contribution >= 0.6 is 0 Å². The minimum atomic E-state index is 0.138. The molecule has 0 aliphatic carbocycles. The van der Waals surface area contributed by atoms with Gasteiger partial charge in [0.05, 0.1) is 18.1 Å². The molecule has 0 aromatic carbocycles. The van der Waals surface area contributed by atoms with Crippen LogP contribution in [0.4, 0.5) is 0 Å². The highest BCUT2D eigenvalue weighted by Crippen LogP contribution is 2.38. The van der Waals surface area contributed by atoms with Crippen LogP contribution in [-0.4, -0.2) is 25.2 Å². The monoisotopic (exact) mass is 155 g/mol. The van der Waals surface area contributed by atoms with Crippen molar-refractivity contribution in [2.24, 2.45) is 5.92 Å². The van der Waals surface area contributed by atoms with E-state index in [2.05, 4.69) is 5.32 Å². The Hall–Kier alpha value is -0.570. The fraction of sp³-hybridized carbons (Fsp3) is 0.875. The Morgan fingerprint density at radius 2 is 2.36 bits per heavy atom. The van der Waals surface area contributed by atoms with E-state index in [1.807, 2.05) is 0 Å². The molecule has 3 atom stereocenters. The highest BCUT2D eigenvalue weighted by molar-refractivity contribution is 5.79. The quantitative estimate of drug-likeness (QED) is 0.591. The highest BCUT2D eigenvalue weighted by atomic mass is 16.5. The maximum atomic E-state index is 11.2. The molecule has 3 unspecified atom stereocenters. The smallest absolute Gasteiger partial charge is 0.225 e.